The van der Waals surface area contributed by atoms with Gasteiger partial charge in [-0.25, -0.2) is 0 Å². The number of amides is 1. The number of thiophene rings is 1. The molecule has 0 saturated carbocycles. The summed E-state index contributed by atoms with van der Waals surface area (Å²) < 4.78 is 15.8. The van der Waals surface area contributed by atoms with Gasteiger partial charge in [-0.1, -0.05) is 6.07 Å². The van der Waals surface area contributed by atoms with Crippen LogP contribution in [0.4, 0.5) is 0 Å². The summed E-state index contributed by atoms with van der Waals surface area (Å²) in [5, 5.41) is 5.02. The van der Waals surface area contributed by atoms with Crippen LogP contribution in [0.5, 0.6) is 17.2 Å². The van der Waals surface area contributed by atoms with Crippen LogP contribution in [-0.2, 0) is 6.42 Å². The molecule has 2 aromatic rings. The van der Waals surface area contributed by atoms with E-state index in [1.165, 1.54) is 26.2 Å². The lowest BCUT2D eigenvalue weighted by atomic mass is 10.1. The van der Waals surface area contributed by atoms with Gasteiger partial charge < -0.3 is 19.5 Å². The molecular weight excluding hydrogens is 314 g/mol. The van der Waals surface area contributed by atoms with Gasteiger partial charge in [0, 0.05) is 22.9 Å². The monoisotopic (exact) mass is 335 g/mol. The van der Waals surface area contributed by atoms with Crippen molar-refractivity contribution in [2.45, 2.75) is 19.4 Å². The predicted octanol–water partition coefficient (Wildman–Crippen LogP) is 3.13. The van der Waals surface area contributed by atoms with Crippen LogP contribution in [0.3, 0.4) is 0 Å². The minimum Gasteiger partial charge on any atom is -0.493 e. The molecule has 0 aliphatic rings. The van der Waals surface area contributed by atoms with Crippen LogP contribution in [-0.4, -0.2) is 33.3 Å². The fourth-order valence-electron chi connectivity index (χ4n) is 2.30. The molecule has 23 heavy (non-hydrogen) atoms. The number of benzene rings is 1. The van der Waals surface area contributed by atoms with Crippen molar-refractivity contribution in [3.8, 4) is 17.2 Å². The largest absolute Gasteiger partial charge is 0.493 e. The maximum Gasteiger partial charge on any atom is 0.251 e. The van der Waals surface area contributed by atoms with Crippen molar-refractivity contribution in [1.29, 1.82) is 0 Å². The number of methoxy groups -OCH3 is 3. The van der Waals surface area contributed by atoms with E-state index in [9.17, 15) is 4.79 Å². The molecule has 1 heterocycles. The van der Waals surface area contributed by atoms with Gasteiger partial charge in [0.1, 0.15) is 0 Å². The Bertz CT molecular complexity index is 630. The molecule has 0 saturated heterocycles. The van der Waals surface area contributed by atoms with Gasteiger partial charge in [-0.05, 0) is 30.5 Å². The summed E-state index contributed by atoms with van der Waals surface area (Å²) in [5.41, 5.74) is 0.470. The van der Waals surface area contributed by atoms with Crippen molar-refractivity contribution >= 4 is 17.2 Å². The lowest BCUT2D eigenvalue weighted by Crippen LogP contribution is -2.33. The van der Waals surface area contributed by atoms with Gasteiger partial charge >= 0.3 is 0 Å². The summed E-state index contributed by atoms with van der Waals surface area (Å²) in [6, 6.07) is 7.39. The molecule has 0 radical (unpaired) electrons. The van der Waals surface area contributed by atoms with Crippen molar-refractivity contribution in [1.82, 2.24) is 5.32 Å². The highest BCUT2D eigenvalue weighted by atomic mass is 32.1. The fraction of sp³-hybridized carbons (Fsp3) is 0.353. The minimum absolute atomic E-state index is 0.0280. The molecule has 0 spiro atoms. The molecule has 1 atom stereocenters. The molecule has 0 fully saturated rings. The van der Waals surface area contributed by atoms with Crippen molar-refractivity contribution < 1.29 is 19.0 Å². The Balaban J connectivity index is 2.15. The molecular formula is C17H21NO4S. The number of hydrogen-bond acceptors (Lipinski definition) is 5. The lowest BCUT2D eigenvalue weighted by Gasteiger charge is -2.16. The Hall–Kier alpha value is -2.21. The van der Waals surface area contributed by atoms with Crippen LogP contribution >= 0.6 is 11.3 Å². The molecule has 0 aliphatic carbocycles. The molecule has 1 N–H and O–H groups in total. The standard InChI is InChI=1S/C17H21NO4S/c1-11(8-13-6-5-7-23-13)18-17(19)12-9-14(20-2)16(22-4)15(10-12)21-3/h5-7,9-11H,8H2,1-4H3,(H,18,19)/t11-/m0/s1. The summed E-state index contributed by atoms with van der Waals surface area (Å²) in [6.07, 6.45) is 0.799. The van der Waals surface area contributed by atoms with Crippen LogP contribution in [0.25, 0.3) is 0 Å². The maximum atomic E-state index is 12.5. The van der Waals surface area contributed by atoms with E-state index in [-0.39, 0.29) is 11.9 Å². The molecule has 0 bridgehead atoms. The number of rotatable bonds is 7. The Morgan fingerprint density at radius 3 is 2.30 bits per heavy atom. The zero-order valence-electron chi connectivity index (χ0n) is 13.7. The summed E-state index contributed by atoms with van der Waals surface area (Å²) >= 11 is 1.68. The first-order chi connectivity index (χ1) is 11.1. The smallest absolute Gasteiger partial charge is 0.251 e. The van der Waals surface area contributed by atoms with E-state index in [4.69, 9.17) is 14.2 Å². The third kappa shape index (κ3) is 4.16. The Morgan fingerprint density at radius 2 is 1.83 bits per heavy atom. The normalized spacial score (nSPS) is 11.7. The molecule has 5 nitrogen and oxygen atoms in total. The number of carbonyl (C=O) groups excluding carboxylic acids is 1. The van der Waals surface area contributed by atoms with Gasteiger partial charge in [0.05, 0.1) is 21.3 Å². The highest BCUT2D eigenvalue weighted by molar-refractivity contribution is 7.09. The zero-order valence-corrected chi connectivity index (χ0v) is 14.5. The van der Waals surface area contributed by atoms with Crippen molar-refractivity contribution in [3.63, 3.8) is 0 Å². The van der Waals surface area contributed by atoms with Crippen LogP contribution in [0, 0.1) is 0 Å². The van der Waals surface area contributed by atoms with Gasteiger partial charge in [-0.2, -0.15) is 0 Å². The SMILES string of the molecule is COc1cc(C(=O)N[C@@H](C)Cc2cccs2)cc(OC)c1OC. The predicted molar refractivity (Wildman–Crippen MR) is 91.0 cm³/mol. The number of ether oxygens (including phenoxy) is 3. The third-order valence-electron chi connectivity index (χ3n) is 3.39. The molecule has 0 aliphatic heterocycles. The van der Waals surface area contributed by atoms with Crippen LogP contribution in [0.1, 0.15) is 22.2 Å². The maximum absolute atomic E-state index is 12.5. The average molecular weight is 335 g/mol. The molecule has 1 aromatic heterocycles. The Morgan fingerprint density at radius 1 is 1.17 bits per heavy atom. The van der Waals surface area contributed by atoms with E-state index in [1.807, 2.05) is 18.4 Å². The second-order valence-electron chi connectivity index (χ2n) is 5.07. The summed E-state index contributed by atoms with van der Waals surface area (Å²) in [4.78, 5) is 13.7. The van der Waals surface area contributed by atoms with Crippen molar-refractivity contribution in [2.24, 2.45) is 0 Å². The van der Waals surface area contributed by atoms with E-state index >= 15 is 0 Å². The first-order valence-corrected chi connectivity index (χ1v) is 8.10. The summed E-state index contributed by atoms with van der Waals surface area (Å²) in [7, 11) is 4.58. The van der Waals surface area contributed by atoms with Crippen molar-refractivity contribution in [3.05, 3.63) is 40.1 Å². The molecule has 6 heteroatoms. The van der Waals surface area contributed by atoms with E-state index in [1.54, 1.807) is 23.5 Å². The van der Waals surface area contributed by atoms with E-state index in [0.717, 1.165) is 6.42 Å². The average Bonchev–Trinajstić information content (AvgIpc) is 3.05. The Labute approximate surface area is 140 Å². The molecule has 0 unspecified atom stereocenters. The van der Waals surface area contributed by atoms with Gasteiger partial charge in [0.25, 0.3) is 5.91 Å². The fourth-order valence-corrected chi connectivity index (χ4v) is 3.14. The van der Waals surface area contributed by atoms with E-state index < -0.39 is 0 Å². The quantitative estimate of drug-likeness (QED) is 0.844. The van der Waals surface area contributed by atoms with E-state index in [0.29, 0.717) is 22.8 Å². The second-order valence-corrected chi connectivity index (χ2v) is 6.10. The highest BCUT2D eigenvalue weighted by Gasteiger charge is 2.18. The summed E-state index contributed by atoms with van der Waals surface area (Å²) in [6.45, 7) is 1.98. The van der Waals surface area contributed by atoms with Crippen LogP contribution < -0.4 is 19.5 Å². The topological polar surface area (TPSA) is 56.8 Å². The Kier molecular flexibility index (Phi) is 5.87. The van der Waals surface area contributed by atoms with E-state index in [2.05, 4.69) is 11.4 Å². The van der Waals surface area contributed by atoms with Crippen LogP contribution in [0.15, 0.2) is 29.6 Å². The minimum atomic E-state index is -0.173. The van der Waals surface area contributed by atoms with Crippen molar-refractivity contribution in [2.75, 3.05) is 21.3 Å². The second kappa shape index (κ2) is 7.87. The van der Waals surface area contributed by atoms with Crippen LogP contribution in [0.2, 0.25) is 0 Å². The number of carbonyl (C=O) groups is 1. The first-order valence-electron chi connectivity index (χ1n) is 7.22. The highest BCUT2D eigenvalue weighted by Crippen LogP contribution is 2.38. The molecule has 1 aromatic carbocycles. The molecule has 124 valence electrons. The van der Waals surface area contributed by atoms with Gasteiger partial charge in [-0.15, -0.1) is 11.3 Å². The van der Waals surface area contributed by atoms with Gasteiger partial charge in [-0.3, -0.25) is 4.79 Å². The zero-order chi connectivity index (χ0) is 16.8. The molecule has 2 rings (SSSR count). The third-order valence-corrected chi connectivity index (χ3v) is 4.29. The van der Waals surface area contributed by atoms with Gasteiger partial charge in [0.2, 0.25) is 5.75 Å². The number of nitrogens with one attached hydrogen (secondary N) is 1. The van der Waals surface area contributed by atoms with Gasteiger partial charge in [0.15, 0.2) is 11.5 Å². The first kappa shape index (κ1) is 17.1. The number of hydrogen-bond donors (Lipinski definition) is 1. The summed E-state index contributed by atoms with van der Waals surface area (Å²) in [5.74, 6) is 1.22. The molecule has 1 amide bonds. The lowest BCUT2D eigenvalue weighted by molar-refractivity contribution is 0.0939.